The molecular formula is C20H20N8OS. The second kappa shape index (κ2) is 6.91. The van der Waals surface area contributed by atoms with Gasteiger partial charge >= 0.3 is 0 Å². The van der Waals surface area contributed by atoms with Crippen LogP contribution in [0.1, 0.15) is 59.0 Å². The summed E-state index contributed by atoms with van der Waals surface area (Å²) in [5, 5.41) is 17.9. The molecule has 5 heterocycles. The van der Waals surface area contributed by atoms with Gasteiger partial charge in [-0.2, -0.15) is 10.2 Å². The minimum absolute atomic E-state index is 0.0559. The highest BCUT2D eigenvalue weighted by atomic mass is 32.1. The molecule has 1 amide bonds. The normalized spacial score (nSPS) is 18.9. The number of hydrogen-bond acceptors (Lipinski definition) is 7. The van der Waals surface area contributed by atoms with Gasteiger partial charge in [0.05, 0.1) is 6.04 Å². The van der Waals surface area contributed by atoms with Crippen LogP contribution in [0.3, 0.4) is 0 Å². The molecule has 30 heavy (non-hydrogen) atoms. The Kier molecular flexibility index (Phi) is 4.05. The number of hydrogen-bond donors (Lipinski definition) is 2. The molecule has 4 aromatic heterocycles. The Bertz CT molecular complexity index is 1210. The Balaban J connectivity index is 1.34. The molecule has 10 heteroatoms. The average Bonchev–Trinajstić information content (AvgIpc) is 3.28. The molecule has 1 saturated heterocycles. The van der Waals surface area contributed by atoms with Gasteiger partial charge in [0.1, 0.15) is 5.52 Å². The SMILES string of the molecule is O=C(c1nccs1)N1CCC[C@H]1c1nc(Nc2cc(C3CC3)[nH]n2)c2cccn2n1. The Labute approximate surface area is 176 Å². The quantitative estimate of drug-likeness (QED) is 0.512. The lowest BCUT2D eigenvalue weighted by atomic mass is 10.2. The number of likely N-dealkylation sites (tertiary alicyclic amines) is 1. The minimum atomic E-state index is -0.171. The summed E-state index contributed by atoms with van der Waals surface area (Å²) in [5.74, 6) is 2.60. The number of carbonyl (C=O) groups excluding carboxylic acids is 1. The number of thiazole rings is 1. The number of nitrogens with one attached hydrogen (secondary N) is 2. The number of amides is 1. The second-order valence-electron chi connectivity index (χ2n) is 7.76. The molecule has 152 valence electrons. The summed E-state index contributed by atoms with van der Waals surface area (Å²) in [6.45, 7) is 0.684. The van der Waals surface area contributed by atoms with Gasteiger partial charge < -0.3 is 10.2 Å². The number of aromatic nitrogens is 6. The first-order chi connectivity index (χ1) is 14.8. The maximum absolute atomic E-state index is 12.9. The molecule has 6 rings (SSSR count). The van der Waals surface area contributed by atoms with Crippen molar-refractivity contribution in [3.05, 3.63) is 52.5 Å². The van der Waals surface area contributed by atoms with Crippen LogP contribution in [0, 0.1) is 0 Å². The van der Waals surface area contributed by atoms with Crippen molar-refractivity contribution in [1.29, 1.82) is 0 Å². The van der Waals surface area contributed by atoms with Crippen LogP contribution in [0.5, 0.6) is 0 Å². The van der Waals surface area contributed by atoms with Crippen molar-refractivity contribution in [2.75, 3.05) is 11.9 Å². The molecule has 1 saturated carbocycles. The molecule has 9 nitrogen and oxygen atoms in total. The summed E-state index contributed by atoms with van der Waals surface area (Å²) in [7, 11) is 0. The molecule has 1 atom stereocenters. The number of nitrogens with zero attached hydrogens (tertiary/aromatic N) is 6. The van der Waals surface area contributed by atoms with Gasteiger partial charge in [0.2, 0.25) is 0 Å². The van der Waals surface area contributed by atoms with E-state index in [0.29, 0.717) is 29.1 Å². The fraction of sp³-hybridized carbons (Fsp3) is 0.350. The predicted molar refractivity (Wildman–Crippen MR) is 112 cm³/mol. The molecule has 2 aliphatic rings. The highest BCUT2D eigenvalue weighted by Gasteiger charge is 2.34. The van der Waals surface area contributed by atoms with E-state index in [2.05, 4.69) is 20.5 Å². The van der Waals surface area contributed by atoms with Gasteiger partial charge in [-0.15, -0.1) is 11.3 Å². The third-order valence-electron chi connectivity index (χ3n) is 5.70. The zero-order valence-corrected chi connectivity index (χ0v) is 17.0. The standard InChI is InChI=1S/C20H20N8OS/c29-20(19-21-7-10-30-19)27-8-1-3-14(27)18-23-17(15-4-2-9-28(15)26-18)22-16-11-13(24-25-16)12-5-6-12/h2,4,7,9-12,14H,1,3,5-6,8H2,(H2,22,23,24,25,26)/t14-/m0/s1. The van der Waals surface area contributed by atoms with E-state index in [1.54, 1.807) is 6.20 Å². The van der Waals surface area contributed by atoms with Crippen LogP contribution in [0.4, 0.5) is 11.6 Å². The van der Waals surface area contributed by atoms with Crippen LogP contribution in [-0.2, 0) is 0 Å². The first-order valence-electron chi connectivity index (χ1n) is 10.1. The summed E-state index contributed by atoms with van der Waals surface area (Å²) < 4.78 is 1.81. The minimum Gasteiger partial charge on any atom is -0.326 e. The summed E-state index contributed by atoms with van der Waals surface area (Å²) in [5.41, 5.74) is 2.03. The second-order valence-corrected chi connectivity index (χ2v) is 8.65. The van der Waals surface area contributed by atoms with E-state index < -0.39 is 0 Å². The van der Waals surface area contributed by atoms with E-state index in [1.807, 2.05) is 39.2 Å². The molecule has 2 fully saturated rings. The van der Waals surface area contributed by atoms with E-state index >= 15 is 0 Å². The van der Waals surface area contributed by atoms with E-state index in [4.69, 9.17) is 10.1 Å². The summed E-state index contributed by atoms with van der Waals surface area (Å²) >= 11 is 1.36. The smallest absolute Gasteiger partial charge is 0.283 e. The molecule has 1 aliphatic carbocycles. The van der Waals surface area contributed by atoms with Gasteiger partial charge in [-0.25, -0.2) is 14.5 Å². The summed E-state index contributed by atoms with van der Waals surface area (Å²) in [6, 6.07) is 5.78. The molecule has 0 unspecified atom stereocenters. The lowest BCUT2D eigenvalue weighted by molar-refractivity contribution is 0.0728. The molecule has 0 radical (unpaired) electrons. The summed E-state index contributed by atoms with van der Waals surface area (Å²) in [4.78, 5) is 23.8. The number of rotatable bonds is 5. The third kappa shape index (κ3) is 3.04. The van der Waals surface area contributed by atoms with Gasteiger partial charge in [-0.05, 0) is 37.8 Å². The maximum atomic E-state index is 12.9. The fourth-order valence-corrected chi connectivity index (χ4v) is 4.63. The first-order valence-corrected chi connectivity index (χ1v) is 11.0. The Hall–Kier alpha value is -3.27. The predicted octanol–water partition coefficient (Wildman–Crippen LogP) is 3.51. The number of H-pyrrole nitrogens is 1. The number of aromatic amines is 1. The van der Waals surface area contributed by atoms with Crippen LogP contribution in [0.2, 0.25) is 0 Å². The lowest BCUT2D eigenvalue weighted by Crippen LogP contribution is -2.31. The Morgan fingerprint density at radius 2 is 2.23 bits per heavy atom. The molecule has 2 N–H and O–H groups in total. The van der Waals surface area contributed by atoms with Gasteiger partial charge in [0, 0.05) is 42.0 Å². The van der Waals surface area contributed by atoms with Crippen molar-refractivity contribution in [2.45, 2.75) is 37.6 Å². The lowest BCUT2D eigenvalue weighted by Gasteiger charge is -2.23. The molecule has 0 spiro atoms. The van der Waals surface area contributed by atoms with E-state index in [9.17, 15) is 4.79 Å². The van der Waals surface area contributed by atoms with Crippen molar-refractivity contribution in [2.24, 2.45) is 0 Å². The molecule has 0 aromatic carbocycles. The number of carbonyl (C=O) groups is 1. The fourth-order valence-electron chi connectivity index (χ4n) is 4.04. The third-order valence-corrected chi connectivity index (χ3v) is 6.46. The average molecular weight is 421 g/mol. The van der Waals surface area contributed by atoms with Crippen LogP contribution < -0.4 is 5.32 Å². The van der Waals surface area contributed by atoms with Crippen LogP contribution >= 0.6 is 11.3 Å². The van der Waals surface area contributed by atoms with E-state index in [0.717, 1.165) is 29.9 Å². The van der Waals surface area contributed by atoms with Crippen LogP contribution in [0.15, 0.2) is 36.0 Å². The maximum Gasteiger partial charge on any atom is 0.283 e. The number of fused-ring (bicyclic) bond motifs is 1. The zero-order valence-electron chi connectivity index (χ0n) is 16.2. The molecule has 4 aromatic rings. The molecular weight excluding hydrogens is 400 g/mol. The van der Waals surface area contributed by atoms with Crippen molar-refractivity contribution in [3.8, 4) is 0 Å². The van der Waals surface area contributed by atoms with E-state index in [1.165, 1.54) is 24.2 Å². The topological polar surface area (TPSA) is 104 Å². The Morgan fingerprint density at radius 1 is 1.30 bits per heavy atom. The monoisotopic (exact) mass is 420 g/mol. The largest absolute Gasteiger partial charge is 0.326 e. The van der Waals surface area contributed by atoms with Crippen molar-refractivity contribution < 1.29 is 4.79 Å². The van der Waals surface area contributed by atoms with Gasteiger partial charge in [-0.3, -0.25) is 9.89 Å². The van der Waals surface area contributed by atoms with Crippen LogP contribution in [0.25, 0.3) is 5.52 Å². The Morgan fingerprint density at radius 3 is 3.07 bits per heavy atom. The van der Waals surface area contributed by atoms with Crippen molar-refractivity contribution in [3.63, 3.8) is 0 Å². The van der Waals surface area contributed by atoms with Gasteiger partial charge in [-0.1, -0.05) is 0 Å². The van der Waals surface area contributed by atoms with Gasteiger partial charge in [0.25, 0.3) is 5.91 Å². The zero-order chi connectivity index (χ0) is 20.1. The molecule has 1 aliphatic heterocycles. The highest BCUT2D eigenvalue weighted by molar-refractivity contribution is 7.11. The van der Waals surface area contributed by atoms with Crippen LogP contribution in [-0.4, -0.2) is 47.1 Å². The highest BCUT2D eigenvalue weighted by Crippen LogP contribution is 2.40. The summed E-state index contributed by atoms with van der Waals surface area (Å²) in [6.07, 6.45) is 7.74. The van der Waals surface area contributed by atoms with E-state index in [-0.39, 0.29) is 11.9 Å². The number of anilines is 2. The first kappa shape index (κ1) is 17.6. The molecule has 0 bridgehead atoms. The van der Waals surface area contributed by atoms with Crippen molar-refractivity contribution >= 4 is 34.4 Å². The van der Waals surface area contributed by atoms with Gasteiger partial charge in [0.15, 0.2) is 22.5 Å². The van der Waals surface area contributed by atoms with Crippen molar-refractivity contribution in [1.82, 2.24) is 34.7 Å².